The number of hydrogen-bond acceptors (Lipinski definition) is 2. The Labute approximate surface area is 97.3 Å². The van der Waals surface area contributed by atoms with E-state index in [2.05, 4.69) is 16.0 Å². The molecule has 0 radical (unpaired) electrons. The lowest BCUT2D eigenvalue weighted by molar-refractivity contribution is -0.160. The molecule has 3 N–H and O–H groups in total. The van der Waals surface area contributed by atoms with Crippen LogP contribution >= 0.6 is 0 Å². The van der Waals surface area contributed by atoms with Crippen LogP contribution < -0.4 is 16.0 Å². The molecule has 2 aliphatic rings. The number of alkyl halides is 3. The quantitative estimate of drug-likeness (QED) is 0.689. The van der Waals surface area contributed by atoms with Crippen molar-refractivity contribution in [2.75, 3.05) is 6.54 Å². The summed E-state index contributed by atoms with van der Waals surface area (Å²) < 4.78 is 37.0. The maximum atomic E-state index is 12.3. The summed E-state index contributed by atoms with van der Waals surface area (Å²) in [6.07, 6.45) is -1.84. The molecule has 2 rings (SSSR count). The maximum Gasteiger partial charge on any atom is 0.403 e. The number of hydrogen-bond donors (Lipinski definition) is 3. The molecule has 0 spiro atoms. The molecule has 0 aromatic carbocycles. The summed E-state index contributed by atoms with van der Waals surface area (Å²) in [7, 11) is 0. The van der Waals surface area contributed by atoms with Gasteiger partial charge in [-0.05, 0) is 25.7 Å². The van der Waals surface area contributed by atoms with Gasteiger partial charge in [0, 0.05) is 18.6 Å². The lowest BCUT2D eigenvalue weighted by atomic mass is 10.0. The van der Waals surface area contributed by atoms with Gasteiger partial charge >= 0.3 is 12.2 Å². The van der Waals surface area contributed by atoms with Gasteiger partial charge in [0.2, 0.25) is 0 Å². The van der Waals surface area contributed by atoms with Gasteiger partial charge in [0.1, 0.15) is 6.04 Å². The smallest absolute Gasteiger partial charge is 0.335 e. The van der Waals surface area contributed by atoms with Crippen LogP contribution in [0.4, 0.5) is 18.0 Å². The van der Waals surface area contributed by atoms with Crippen LogP contribution in [0.2, 0.25) is 0 Å². The molecule has 4 nitrogen and oxygen atoms in total. The fraction of sp³-hybridized carbons (Fsp3) is 0.900. The van der Waals surface area contributed by atoms with Gasteiger partial charge in [-0.15, -0.1) is 0 Å². The van der Waals surface area contributed by atoms with E-state index in [1.807, 2.05) is 0 Å². The molecule has 2 unspecified atom stereocenters. The van der Waals surface area contributed by atoms with E-state index in [1.165, 1.54) is 0 Å². The second kappa shape index (κ2) is 4.72. The van der Waals surface area contributed by atoms with Gasteiger partial charge in [0.05, 0.1) is 0 Å². The Morgan fingerprint density at radius 2 is 1.65 bits per heavy atom. The molecule has 17 heavy (non-hydrogen) atoms. The number of carbonyl (C=O) groups excluding carboxylic acids is 1. The Hall–Kier alpha value is -0.980. The largest absolute Gasteiger partial charge is 0.403 e. The average molecular weight is 251 g/mol. The van der Waals surface area contributed by atoms with Gasteiger partial charge in [0.25, 0.3) is 0 Å². The molecular formula is C10H16F3N3O. The van der Waals surface area contributed by atoms with E-state index in [-0.39, 0.29) is 31.1 Å². The van der Waals surface area contributed by atoms with Gasteiger partial charge in [0.15, 0.2) is 0 Å². The Balaban J connectivity index is 1.69. The zero-order chi connectivity index (χ0) is 12.5. The molecule has 0 aromatic heterocycles. The third kappa shape index (κ3) is 3.76. The van der Waals surface area contributed by atoms with Crippen LogP contribution in [-0.4, -0.2) is 36.9 Å². The third-order valence-electron chi connectivity index (χ3n) is 3.06. The van der Waals surface area contributed by atoms with Crippen LogP contribution in [0.3, 0.4) is 0 Å². The topological polar surface area (TPSA) is 53.2 Å². The van der Waals surface area contributed by atoms with Crippen LogP contribution in [0.5, 0.6) is 0 Å². The Morgan fingerprint density at radius 3 is 2.12 bits per heavy atom. The van der Waals surface area contributed by atoms with Crippen molar-refractivity contribution in [2.45, 2.75) is 50.0 Å². The van der Waals surface area contributed by atoms with E-state index in [4.69, 9.17) is 0 Å². The standard InChI is InChI=1S/C10H16F3N3O/c11-10(12,13)8-4-3-7(5-14-8)16-9(17)15-6-1-2-6/h6-8,14H,1-5H2,(H2,15,16,17). The lowest BCUT2D eigenvalue weighted by Crippen LogP contribution is -2.55. The molecule has 7 heteroatoms. The van der Waals surface area contributed by atoms with Crippen molar-refractivity contribution in [3.8, 4) is 0 Å². The van der Waals surface area contributed by atoms with E-state index in [0.717, 1.165) is 12.8 Å². The van der Waals surface area contributed by atoms with Gasteiger partial charge in [-0.25, -0.2) is 4.79 Å². The lowest BCUT2D eigenvalue weighted by Gasteiger charge is -2.31. The summed E-state index contributed by atoms with van der Waals surface area (Å²) in [5.74, 6) is 0. The van der Waals surface area contributed by atoms with Crippen LogP contribution in [-0.2, 0) is 0 Å². The zero-order valence-corrected chi connectivity index (χ0v) is 9.31. The summed E-state index contributed by atoms with van der Waals surface area (Å²) in [4.78, 5) is 11.4. The van der Waals surface area contributed by atoms with E-state index < -0.39 is 12.2 Å². The highest BCUT2D eigenvalue weighted by Gasteiger charge is 2.41. The molecule has 2 fully saturated rings. The predicted molar refractivity (Wildman–Crippen MR) is 55.6 cm³/mol. The number of amides is 2. The maximum absolute atomic E-state index is 12.3. The summed E-state index contributed by atoms with van der Waals surface area (Å²) in [5.41, 5.74) is 0. The number of rotatable bonds is 2. The minimum Gasteiger partial charge on any atom is -0.335 e. The monoisotopic (exact) mass is 251 g/mol. The van der Waals surface area contributed by atoms with E-state index in [1.54, 1.807) is 0 Å². The van der Waals surface area contributed by atoms with Crippen LogP contribution in [0.15, 0.2) is 0 Å². The van der Waals surface area contributed by atoms with Crippen LogP contribution in [0.25, 0.3) is 0 Å². The number of piperidine rings is 1. The first kappa shape index (κ1) is 12.5. The first-order valence-electron chi connectivity index (χ1n) is 5.82. The average Bonchev–Trinajstić information content (AvgIpc) is 3.01. The molecule has 1 aliphatic heterocycles. The second-order valence-electron chi connectivity index (χ2n) is 4.67. The highest BCUT2D eigenvalue weighted by Crippen LogP contribution is 2.26. The molecule has 1 aliphatic carbocycles. The highest BCUT2D eigenvalue weighted by atomic mass is 19.4. The fourth-order valence-corrected chi connectivity index (χ4v) is 1.90. The van der Waals surface area contributed by atoms with Crippen LogP contribution in [0.1, 0.15) is 25.7 Å². The van der Waals surface area contributed by atoms with Crippen molar-refractivity contribution >= 4 is 6.03 Å². The minimum absolute atomic E-state index is 0.0118. The second-order valence-corrected chi connectivity index (χ2v) is 4.67. The van der Waals surface area contributed by atoms with Crippen molar-refractivity contribution < 1.29 is 18.0 Å². The van der Waals surface area contributed by atoms with Gasteiger partial charge in [-0.1, -0.05) is 0 Å². The first-order valence-corrected chi connectivity index (χ1v) is 5.82. The minimum atomic E-state index is -4.19. The summed E-state index contributed by atoms with van der Waals surface area (Å²) in [6.45, 7) is 0.169. The molecule has 1 saturated carbocycles. The van der Waals surface area contributed by atoms with Crippen molar-refractivity contribution in [2.24, 2.45) is 0 Å². The van der Waals surface area contributed by atoms with Crippen LogP contribution in [0, 0.1) is 0 Å². The summed E-state index contributed by atoms with van der Waals surface area (Å²) >= 11 is 0. The Bertz CT molecular complexity index is 283. The van der Waals surface area contributed by atoms with Crippen molar-refractivity contribution in [3.05, 3.63) is 0 Å². The number of urea groups is 1. The molecule has 1 saturated heterocycles. The SMILES string of the molecule is O=C(NC1CC1)NC1CCC(C(F)(F)F)NC1. The molecule has 98 valence electrons. The van der Waals surface area contributed by atoms with Crippen molar-refractivity contribution in [1.82, 2.24) is 16.0 Å². The van der Waals surface area contributed by atoms with Gasteiger partial charge < -0.3 is 16.0 Å². The van der Waals surface area contributed by atoms with Crippen molar-refractivity contribution in [3.63, 3.8) is 0 Å². The molecule has 1 heterocycles. The normalized spacial score (nSPS) is 29.8. The Morgan fingerprint density at radius 1 is 1.06 bits per heavy atom. The molecule has 2 atom stereocenters. The third-order valence-corrected chi connectivity index (χ3v) is 3.06. The predicted octanol–water partition coefficient (Wildman–Crippen LogP) is 1.13. The molecule has 2 amide bonds. The first-order chi connectivity index (χ1) is 7.95. The molecule has 0 aromatic rings. The number of nitrogens with one attached hydrogen (secondary N) is 3. The van der Waals surface area contributed by atoms with E-state index in [9.17, 15) is 18.0 Å². The van der Waals surface area contributed by atoms with Gasteiger partial charge in [-0.2, -0.15) is 13.2 Å². The molecular weight excluding hydrogens is 235 g/mol. The van der Waals surface area contributed by atoms with E-state index >= 15 is 0 Å². The highest BCUT2D eigenvalue weighted by molar-refractivity contribution is 5.74. The van der Waals surface area contributed by atoms with E-state index in [0.29, 0.717) is 6.42 Å². The van der Waals surface area contributed by atoms with Gasteiger partial charge in [-0.3, -0.25) is 0 Å². The zero-order valence-electron chi connectivity index (χ0n) is 9.31. The van der Waals surface area contributed by atoms with Crippen molar-refractivity contribution in [1.29, 1.82) is 0 Å². The molecule has 0 bridgehead atoms. The summed E-state index contributed by atoms with van der Waals surface area (Å²) in [6, 6.07) is -1.67. The summed E-state index contributed by atoms with van der Waals surface area (Å²) in [5, 5.41) is 7.84. The fourth-order valence-electron chi connectivity index (χ4n) is 1.90. The number of halogens is 3. The number of carbonyl (C=O) groups is 1. The Kier molecular flexibility index (Phi) is 3.46.